The molecular weight excluding hydrogens is 188 g/mol. The molecule has 0 radical (unpaired) electrons. The highest BCUT2D eigenvalue weighted by Crippen LogP contribution is 2.12. The second-order valence-electron chi connectivity index (χ2n) is 2.35. The van der Waals surface area contributed by atoms with Gasteiger partial charge in [0.05, 0.1) is 4.88 Å². The van der Waals surface area contributed by atoms with Crippen LogP contribution in [0.4, 0.5) is 5.95 Å². The van der Waals surface area contributed by atoms with E-state index in [1.807, 2.05) is 5.38 Å². The third-order valence-electron chi connectivity index (χ3n) is 1.46. The largest absolute Gasteiger partial charge is 0.366 e. The molecule has 0 saturated heterocycles. The Morgan fingerprint density at radius 1 is 1.62 bits per heavy atom. The summed E-state index contributed by atoms with van der Waals surface area (Å²) in [7, 11) is 0. The maximum atomic E-state index is 11.5. The van der Waals surface area contributed by atoms with Gasteiger partial charge in [0.25, 0.3) is 0 Å². The summed E-state index contributed by atoms with van der Waals surface area (Å²) in [5.74, 6) is 0.0825. The highest BCUT2D eigenvalue weighted by molar-refractivity contribution is 7.12. The number of aromatic amines is 1. The first kappa shape index (κ1) is 7.93. The number of thiophene rings is 1. The number of nitrogens with zero attached hydrogens (tertiary/aromatic N) is 2. The summed E-state index contributed by atoms with van der Waals surface area (Å²) in [6.45, 7) is 0. The minimum absolute atomic E-state index is 0.0832. The molecule has 2 heterocycles. The van der Waals surface area contributed by atoms with Crippen molar-refractivity contribution in [2.75, 3.05) is 5.73 Å². The molecule has 0 spiro atoms. The smallest absolute Gasteiger partial charge is 0.239 e. The van der Waals surface area contributed by atoms with E-state index in [9.17, 15) is 4.79 Å². The number of nitrogens with one attached hydrogen (secondary N) is 1. The number of nitrogen functional groups attached to an aromatic ring is 1. The van der Waals surface area contributed by atoms with Crippen molar-refractivity contribution in [3.8, 4) is 0 Å². The summed E-state index contributed by atoms with van der Waals surface area (Å²) in [5, 5.41) is 7.86. The van der Waals surface area contributed by atoms with Crippen LogP contribution in [0.1, 0.15) is 15.5 Å². The molecule has 0 amide bonds. The molecule has 0 unspecified atom stereocenters. The van der Waals surface area contributed by atoms with Crippen molar-refractivity contribution in [2.24, 2.45) is 0 Å². The van der Waals surface area contributed by atoms with Crippen LogP contribution in [0.5, 0.6) is 0 Å². The van der Waals surface area contributed by atoms with Gasteiger partial charge >= 0.3 is 0 Å². The topological polar surface area (TPSA) is 84.7 Å². The van der Waals surface area contributed by atoms with E-state index in [0.29, 0.717) is 4.88 Å². The van der Waals surface area contributed by atoms with Crippen LogP contribution in [0.25, 0.3) is 0 Å². The fraction of sp³-hybridized carbons (Fsp3) is 0. The van der Waals surface area contributed by atoms with Crippen LogP contribution in [-0.2, 0) is 0 Å². The lowest BCUT2D eigenvalue weighted by atomic mass is 10.3. The van der Waals surface area contributed by atoms with Gasteiger partial charge in [0, 0.05) is 0 Å². The molecule has 0 atom stereocenters. The number of anilines is 1. The Balaban J connectivity index is 2.33. The summed E-state index contributed by atoms with van der Waals surface area (Å²) in [5.41, 5.74) is 5.27. The second-order valence-corrected chi connectivity index (χ2v) is 3.30. The van der Waals surface area contributed by atoms with Crippen LogP contribution in [-0.4, -0.2) is 21.0 Å². The van der Waals surface area contributed by atoms with Crippen LogP contribution in [0.15, 0.2) is 17.5 Å². The molecular formula is C7H6N4OS. The molecule has 2 aromatic rings. The molecule has 2 aromatic heterocycles. The van der Waals surface area contributed by atoms with Crippen molar-refractivity contribution in [3.05, 3.63) is 28.2 Å². The number of nitrogens with two attached hydrogens (primary N) is 1. The van der Waals surface area contributed by atoms with Gasteiger partial charge in [-0.05, 0) is 11.4 Å². The lowest BCUT2D eigenvalue weighted by Gasteiger charge is -1.88. The molecule has 0 saturated carbocycles. The van der Waals surface area contributed by atoms with Gasteiger partial charge in [-0.3, -0.25) is 9.89 Å². The van der Waals surface area contributed by atoms with Crippen molar-refractivity contribution in [1.29, 1.82) is 0 Å². The monoisotopic (exact) mass is 194 g/mol. The summed E-state index contributed by atoms with van der Waals surface area (Å²) >= 11 is 1.36. The molecule has 0 aromatic carbocycles. The van der Waals surface area contributed by atoms with Crippen LogP contribution >= 0.6 is 11.3 Å². The molecule has 5 nitrogen and oxygen atoms in total. The quantitative estimate of drug-likeness (QED) is 0.688. The number of H-pyrrole nitrogens is 1. The van der Waals surface area contributed by atoms with Gasteiger partial charge in [0.1, 0.15) is 0 Å². The molecule has 0 aliphatic rings. The van der Waals surface area contributed by atoms with Crippen molar-refractivity contribution in [3.63, 3.8) is 0 Å². The summed E-state index contributed by atoms with van der Waals surface area (Å²) in [6.07, 6.45) is 0. The number of carbonyl (C=O) groups is 1. The molecule has 13 heavy (non-hydrogen) atoms. The van der Waals surface area contributed by atoms with Crippen molar-refractivity contribution < 1.29 is 4.79 Å². The van der Waals surface area contributed by atoms with E-state index in [1.165, 1.54) is 11.3 Å². The zero-order valence-corrected chi connectivity index (χ0v) is 7.34. The van der Waals surface area contributed by atoms with Gasteiger partial charge in [-0.15, -0.1) is 16.4 Å². The van der Waals surface area contributed by atoms with E-state index in [1.54, 1.807) is 12.1 Å². The molecule has 0 aliphatic carbocycles. The molecule has 0 fully saturated rings. The normalized spacial score (nSPS) is 10.2. The Morgan fingerprint density at radius 3 is 3.00 bits per heavy atom. The molecule has 0 bridgehead atoms. The zero-order valence-electron chi connectivity index (χ0n) is 6.52. The molecule has 6 heteroatoms. The van der Waals surface area contributed by atoms with E-state index in [2.05, 4.69) is 15.2 Å². The summed E-state index contributed by atoms with van der Waals surface area (Å²) in [4.78, 5) is 15.9. The average Bonchev–Trinajstić information content (AvgIpc) is 2.72. The lowest BCUT2D eigenvalue weighted by Crippen LogP contribution is -2.01. The minimum Gasteiger partial charge on any atom is -0.366 e. The minimum atomic E-state index is -0.181. The number of hydrogen-bond donors (Lipinski definition) is 2. The van der Waals surface area contributed by atoms with E-state index in [4.69, 9.17) is 5.73 Å². The van der Waals surface area contributed by atoms with Crippen LogP contribution in [0, 0.1) is 0 Å². The number of carbonyl (C=O) groups excluding carboxylic acids is 1. The molecule has 3 N–H and O–H groups in total. The predicted molar refractivity (Wildman–Crippen MR) is 48.5 cm³/mol. The number of rotatable bonds is 2. The van der Waals surface area contributed by atoms with Crippen molar-refractivity contribution in [1.82, 2.24) is 15.2 Å². The van der Waals surface area contributed by atoms with E-state index in [-0.39, 0.29) is 17.6 Å². The van der Waals surface area contributed by atoms with Crippen LogP contribution in [0.2, 0.25) is 0 Å². The van der Waals surface area contributed by atoms with Crippen LogP contribution in [0.3, 0.4) is 0 Å². The Morgan fingerprint density at radius 2 is 2.46 bits per heavy atom. The zero-order chi connectivity index (χ0) is 9.26. The number of hydrogen-bond acceptors (Lipinski definition) is 5. The van der Waals surface area contributed by atoms with Gasteiger partial charge in [0.15, 0.2) is 5.82 Å². The fourth-order valence-electron chi connectivity index (χ4n) is 0.901. The van der Waals surface area contributed by atoms with E-state index >= 15 is 0 Å². The maximum Gasteiger partial charge on any atom is 0.239 e. The third kappa shape index (κ3) is 1.43. The fourth-order valence-corrected chi connectivity index (χ4v) is 1.57. The number of ketones is 1. The standard InChI is InChI=1S/C7H6N4OS/c8-7-9-6(10-11-7)5(12)4-2-1-3-13-4/h1-3H,(H3,8,9,10,11). The third-order valence-corrected chi connectivity index (χ3v) is 2.33. The van der Waals surface area contributed by atoms with Crippen molar-refractivity contribution >= 4 is 23.1 Å². The molecule has 2 rings (SSSR count). The molecule has 0 aliphatic heterocycles. The average molecular weight is 194 g/mol. The maximum absolute atomic E-state index is 11.5. The van der Waals surface area contributed by atoms with Gasteiger partial charge < -0.3 is 5.73 Å². The highest BCUT2D eigenvalue weighted by Gasteiger charge is 2.13. The first-order valence-electron chi connectivity index (χ1n) is 3.53. The van der Waals surface area contributed by atoms with Gasteiger partial charge in [-0.2, -0.15) is 4.98 Å². The second kappa shape index (κ2) is 2.98. The highest BCUT2D eigenvalue weighted by atomic mass is 32.1. The van der Waals surface area contributed by atoms with Gasteiger partial charge in [-0.1, -0.05) is 6.07 Å². The Labute approximate surface area is 77.6 Å². The lowest BCUT2D eigenvalue weighted by molar-refractivity contribution is 0.103. The first-order valence-corrected chi connectivity index (χ1v) is 4.41. The Kier molecular flexibility index (Phi) is 1.82. The van der Waals surface area contributed by atoms with Crippen molar-refractivity contribution in [2.45, 2.75) is 0 Å². The van der Waals surface area contributed by atoms with Crippen LogP contribution < -0.4 is 5.73 Å². The number of aromatic nitrogens is 3. The summed E-state index contributed by atoms with van der Waals surface area (Å²) in [6, 6.07) is 3.53. The molecule has 66 valence electrons. The Bertz CT molecular complexity index is 419. The summed E-state index contributed by atoms with van der Waals surface area (Å²) < 4.78 is 0. The SMILES string of the molecule is Nc1n[nH]c(C(=O)c2cccs2)n1. The van der Waals surface area contributed by atoms with E-state index < -0.39 is 0 Å². The predicted octanol–water partition coefficient (Wildman–Crippen LogP) is 0.679. The van der Waals surface area contributed by atoms with E-state index in [0.717, 1.165) is 0 Å². The van der Waals surface area contributed by atoms with Gasteiger partial charge in [-0.25, -0.2) is 0 Å². The van der Waals surface area contributed by atoms with Gasteiger partial charge in [0.2, 0.25) is 11.7 Å². The first-order chi connectivity index (χ1) is 6.27. The Hall–Kier alpha value is -1.69.